The molecule has 0 saturated heterocycles. The maximum atomic E-state index is 13.2. The summed E-state index contributed by atoms with van der Waals surface area (Å²) >= 11 is 0. The molecule has 0 aromatic carbocycles. The van der Waals surface area contributed by atoms with Crippen molar-refractivity contribution in [3.8, 4) is 0 Å². The molecule has 118 valence electrons. The molecule has 0 aliphatic heterocycles. The molecule has 0 unspecified atom stereocenters. The van der Waals surface area contributed by atoms with Gasteiger partial charge in [-0.25, -0.2) is 4.39 Å². The Morgan fingerprint density at radius 2 is 1.90 bits per heavy atom. The van der Waals surface area contributed by atoms with E-state index < -0.39 is 6.17 Å². The number of nitrogens with one attached hydrogen (secondary N) is 1. The lowest BCUT2D eigenvalue weighted by Crippen LogP contribution is -2.27. The average molecular weight is 293 g/mol. The standard InChI is InChI=1S/C18H28FNO/c1-5-18(3,4)16-12(2)10-14(17(21)20-16)11-13-6-8-15(19)9-7-13/h10,13,15H,5-9,11H2,1-4H3,(H,20,21). The van der Waals surface area contributed by atoms with Gasteiger partial charge in [0.15, 0.2) is 0 Å². The van der Waals surface area contributed by atoms with Gasteiger partial charge < -0.3 is 4.98 Å². The molecular weight excluding hydrogens is 265 g/mol. The van der Waals surface area contributed by atoms with Gasteiger partial charge in [0, 0.05) is 16.7 Å². The van der Waals surface area contributed by atoms with Gasteiger partial charge in [0.05, 0.1) is 0 Å². The molecule has 0 atom stereocenters. The summed E-state index contributed by atoms with van der Waals surface area (Å²) in [5, 5.41) is 0. The third-order valence-corrected chi connectivity index (χ3v) is 5.16. The van der Waals surface area contributed by atoms with E-state index in [1.165, 1.54) is 0 Å². The van der Waals surface area contributed by atoms with E-state index in [9.17, 15) is 9.18 Å². The van der Waals surface area contributed by atoms with E-state index in [4.69, 9.17) is 0 Å². The van der Waals surface area contributed by atoms with Gasteiger partial charge in [-0.15, -0.1) is 0 Å². The highest BCUT2D eigenvalue weighted by Crippen LogP contribution is 2.30. The van der Waals surface area contributed by atoms with E-state index in [1.54, 1.807) is 0 Å². The molecule has 1 aromatic rings. The Kier molecular flexibility index (Phi) is 4.90. The van der Waals surface area contributed by atoms with Crippen molar-refractivity contribution in [2.75, 3.05) is 0 Å². The number of hydrogen-bond donors (Lipinski definition) is 1. The predicted molar refractivity (Wildman–Crippen MR) is 85.7 cm³/mol. The van der Waals surface area contributed by atoms with Crippen molar-refractivity contribution in [1.29, 1.82) is 0 Å². The predicted octanol–water partition coefficient (Wildman–Crippen LogP) is 4.44. The first-order chi connectivity index (χ1) is 9.83. The molecule has 1 aliphatic carbocycles. The Morgan fingerprint density at radius 1 is 1.29 bits per heavy atom. The van der Waals surface area contributed by atoms with Crippen LogP contribution in [-0.4, -0.2) is 11.2 Å². The van der Waals surface area contributed by atoms with E-state index in [1.807, 2.05) is 6.07 Å². The van der Waals surface area contributed by atoms with E-state index in [0.717, 1.165) is 42.5 Å². The summed E-state index contributed by atoms with van der Waals surface area (Å²) in [4.78, 5) is 15.5. The molecule has 2 rings (SSSR count). The zero-order valence-corrected chi connectivity index (χ0v) is 13.8. The Balaban J connectivity index is 2.19. The van der Waals surface area contributed by atoms with Crippen LogP contribution in [-0.2, 0) is 11.8 Å². The van der Waals surface area contributed by atoms with Crippen molar-refractivity contribution in [2.45, 2.75) is 77.8 Å². The minimum absolute atomic E-state index is 0.00589. The number of halogens is 1. The van der Waals surface area contributed by atoms with Crippen molar-refractivity contribution in [2.24, 2.45) is 5.92 Å². The van der Waals surface area contributed by atoms with Crippen LogP contribution in [0.25, 0.3) is 0 Å². The molecule has 1 saturated carbocycles. The number of pyridine rings is 1. The lowest BCUT2D eigenvalue weighted by molar-refractivity contribution is 0.206. The summed E-state index contributed by atoms with van der Waals surface area (Å²) in [5.74, 6) is 0.461. The van der Waals surface area contributed by atoms with Gasteiger partial charge in [-0.05, 0) is 63.0 Å². The van der Waals surface area contributed by atoms with Crippen molar-refractivity contribution in [1.82, 2.24) is 4.98 Å². The fourth-order valence-electron chi connectivity index (χ4n) is 3.36. The second-order valence-electron chi connectivity index (χ2n) is 7.24. The van der Waals surface area contributed by atoms with E-state index in [-0.39, 0.29) is 11.0 Å². The van der Waals surface area contributed by atoms with E-state index >= 15 is 0 Å². The van der Waals surface area contributed by atoms with Crippen LogP contribution < -0.4 is 5.56 Å². The highest BCUT2D eigenvalue weighted by molar-refractivity contribution is 5.29. The minimum atomic E-state index is -0.631. The van der Waals surface area contributed by atoms with Crippen molar-refractivity contribution in [3.63, 3.8) is 0 Å². The summed E-state index contributed by atoms with van der Waals surface area (Å²) in [6, 6.07) is 2.05. The van der Waals surface area contributed by atoms with Crippen molar-refractivity contribution < 1.29 is 4.39 Å². The lowest BCUT2D eigenvalue weighted by atomic mass is 9.82. The summed E-state index contributed by atoms with van der Waals surface area (Å²) < 4.78 is 13.2. The van der Waals surface area contributed by atoms with Crippen LogP contribution in [0.5, 0.6) is 0 Å². The molecule has 0 amide bonds. The summed E-state index contributed by atoms with van der Waals surface area (Å²) in [5.41, 5.74) is 3.11. The second kappa shape index (κ2) is 6.33. The van der Waals surface area contributed by atoms with Gasteiger partial charge in [-0.2, -0.15) is 0 Å². The molecule has 2 nitrogen and oxygen atoms in total. The quantitative estimate of drug-likeness (QED) is 0.874. The number of aromatic nitrogens is 1. The van der Waals surface area contributed by atoms with Gasteiger partial charge >= 0.3 is 0 Å². The summed E-state index contributed by atoms with van der Waals surface area (Å²) in [6.07, 6.45) is 4.27. The van der Waals surface area contributed by atoms with Crippen molar-refractivity contribution >= 4 is 0 Å². The van der Waals surface area contributed by atoms with Crippen LogP contribution in [0.1, 0.15) is 69.7 Å². The molecule has 3 heteroatoms. The molecule has 21 heavy (non-hydrogen) atoms. The smallest absolute Gasteiger partial charge is 0.251 e. The van der Waals surface area contributed by atoms with Gasteiger partial charge in [0.25, 0.3) is 5.56 Å². The molecule has 1 aromatic heterocycles. The number of H-pyrrole nitrogens is 1. The number of alkyl halides is 1. The Bertz CT molecular complexity index is 539. The molecule has 1 N–H and O–H groups in total. The molecular formula is C18H28FNO. The third kappa shape index (κ3) is 3.75. The zero-order chi connectivity index (χ0) is 15.6. The highest BCUT2D eigenvalue weighted by Gasteiger charge is 2.24. The maximum Gasteiger partial charge on any atom is 0.251 e. The van der Waals surface area contributed by atoms with Crippen LogP contribution >= 0.6 is 0 Å². The Hall–Kier alpha value is -1.12. The lowest BCUT2D eigenvalue weighted by Gasteiger charge is -2.26. The normalized spacial score (nSPS) is 23.3. The Labute approximate surface area is 127 Å². The van der Waals surface area contributed by atoms with Crippen LogP contribution in [0.2, 0.25) is 0 Å². The van der Waals surface area contributed by atoms with E-state index in [2.05, 4.69) is 32.7 Å². The Morgan fingerprint density at radius 3 is 2.48 bits per heavy atom. The third-order valence-electron chi connectivity index (χ3n) is 5.16. The fraction of sp³-hybridized carbons (Fsp3) is 0.722. The van der Waals surface area contributed by atoms with Gasteiger partial charge in [-0.3, -0.25) is 4.79 Å². The number of rotatable bonds is 4. The van der Waals surface area contributed by atoms with Crippen LogP contribution in [0, 0.1) is 12.8 Å². The van der Waals surface area contributed by atoms with Gasteiger partial charge in [0.2, 0.25) is 0 Å². The molecule has 1 fully saturated rings. The SMILES string of the molecule is CCC(C)(C)c1[nH]c(=O)c(CC2CCC(F)CC2)cc1C. The fourth-order valence-corrected chi connectivity index (χ4v) is 3.36. The molecule has 0 spiro atoms. The molecule has 0 radical (unpaired) electrons. The maximum absolute atomic E-state index is 13.2. The van der Waals surface area contributed by atoms with Gasteiger partial charge in [0.1, 0.15) is 6.17 Å². The van der Waals surface area contributed by atoms with Crippen molar-refractivity contribution in [3.05, 3.63) is 33.2 Å². The monoisotopic (exact) mass is 293 g/mol. The zero-order valence-electron chi connectivity index (χ0n) is 13.8. The van der Waals surface area contributed by atoms with Crippen LogP contribution in [0.15, 0.2) is 10.9 Å². The number of aromatic amines is 1. The minimum Gasteiger partial charge on any atom is -0.325 e. The van der Waals surface area contributed by atoms with Crippen LogP contribution in [0.4, 0.5) is 4.39 Å². The number of hydrogen-bond acceptors (Lipinski definition) is 1. The first-order valence-corrected chi connectivity index (χ1v) is 8.21. The number of aryl methyl sites for hydroxylation is 1. The summed E-state index contributed by atoms with van der Waals surface area (Å²) in [7, 11) is 0. The topological polar surface area (TPSA) is 32.9 Å². The molecule has 1 aliphatic rings. The first kappa shape index (κ1) is 16.3. The highest BCUT2D eigenvalue weighted by atomic mass is 19.1. The molecule has 0 bridgehead atoms. The first-order valence-electron chi connectivity index (χ1n) is 8.21. The van der Waals surface area contributed by atoms with E-state index in [0.29, 0.717) is 18.8 Å². The average Bonchev–Trinajstić information content (AvgIpc) is 2.44. The van der Waals surface area contributed by atoms with Gasteiger partial charge in [-0.1, -0.05) is 20.8 Å². The largest absolute Gasteiger partial charge is 0.325 e. The van der Waals surface area contributed by atoms with Crippen LogP contribution in [0.3, 0.4) is 0 Å². The molecule has 1 heterocycles. The second-order valence-corrected chi connectivity index (χ2v) is 7.24. The summed E-state index contributed by atoms with van der Waals surface area (Å²) in [6.45, 7) is 8.53.